The number of sulfonamides is 1. The number of aliphatic imine (C=N–C) groups is 1. The molecular weight excluding hydrogens is 280 g/mol. The molecule has 0 unspecified atom stereocenters. The smallest absolute Gasteiger partial charge is 0.335 e. The maximum atomic E-state index is 12.1. The molecule has 0 saturated carbocycles. The topological polar surface area (TPSA) is 95.8 Å². The standard InChI is InChI=1S/C13H10N2O4S/c16-13(17)10-3-5-11(6-4-10)15-20(18,19)12-2-1-8-14-9-7-12/h1-8,15H,(H,16,17). The molecule has 2 rings (SSSR count). The number of rotatable bonds is 4. The average Bonchev–Trinajstić information content (AvgIpc) is 2.68. The zero-order valence-electron chi connectivity index (χ0n) is 10.1. The fraction of sp³-hybridized carbons (Fsp3) is 0. The van der Waals surface area contributed by atoms with Crippen LogP contribution in [0.2, 0.25) is 0 Å². The van der Waals surface area contributed by atoms with Crippen molar-refractivity contribution in [3.05, 3.63) is 59.2 Å². The number of nitrogens with one attached hydrogen (secondary N) is 1. The van der Waals surface area contributed by atoms with Crippen LogP contribution in [0, 0.1) is 0 Å². The van der Waals surface area contributed by atoms with Gasteiger partial charge in [-0.2, -0.15) is 0 Å². The summed E-state index contributed by atoms with van der Waals surface area (Å²) in [6, 6.07) is 5.40. The van der Waals surface area contributed by atoms with E-state index in [9.17, 15) is 13.2 Å². The summed E-state index contributed by atoms with van der Waals surface area (Å²) >= 11 is 0. The highest BCUT2D eigenvalue weighted by atomic mass is 32.2. The quantitative estimate of drug-likeness (QED) is 0.883. The Morgan fingerprint density at radius 2 is 1.95 bits per heavy atom. The maximum Gasteiger partial charge on any atom is 0.335 e. The number of nitrogens with zero attached hydrogens (tertiary/aromatic N) is 1. The van der Waals surface area contributed by atoms with Gasteiger partial charge in [-0.05, 0) is 42.3 Å². The largest absolute Gasteiger partial charge is 0.478 e. The van der Waals surface area contributed by atoms with Crippen molar-refractivity contribution in [3.8, 4) is 0 Å². The highest BCUT2D eigenvalue weighted by Crippen LogP contribution is 2.16. The predicted molar refractivity (Wildman–Crippen MR) is 75.2 cm³/mol. The second-order valence-corrected chi connectivity index (χ2v) is 5.48. The Balaban J connectivity index is 2.24. The number of carbonyl (C=O) groups is 1. The van der Waals surface area contributed by atoms with E-state index in [1.807, 2.05) is 0 Å². The molecule has 0 atom stereocenters. The minimum Gasteiger partial charge on any atom is -0.478 e. The van der Waals surface area contributed by atoms with Gasteiger partial charge < -0.3 is 5.11 Å². The maximum absolute atomic E-state index is 12.1. The molecule has 0 aliphatic carbocycles. The van der Waals surface area contributed by atoms with Gasteiger partial charge in [0.25, 0.3) is 10.0 Å². The van der Waals surface area contributed by atoms with Crippen molar-refractivity contribution < 1.29 is 18.3 Å². The summed E-state index contributed by atoms with van der Waals surface area (Å²) in [5.41, 5.74) is 0.353. The molecule has 102 valence electrons. The molecule has 2 N–H and O–H groups in total. The first kappa shape index (κ1) is 13.8. The van der Waals surface area contributed by atoms with Crippen LogP contribution in [0.25, 0.3) is 0 Å². The summed E-state index contributed by atoms with van der Waals surface area (Å²) in [5, 5.41) is 8.76. The summed E-state index contributed by atoms with van der Waals surface area (Å²) < 4.78 is 26.5. The van der Waals surface area contributed by atoms with Crippen molar-refractivity contribution in [1.29, 1.82) is 0 Å². The Bertz CT molecular complexity index is 752. The van der Waals surface area contributed by atoms with E-state index in [0.29, 0.717) is 0 Å². The van der Waals surface area contributed by atoms with E-state index >= 15 is 0 Å². The normalized spacial score (nSPS) is 13.7. The first-order valence-electron chi connectivity index (χ1n) is 5.51. The molecule has 0 radical (unpaired) electrons. The zero-order valence-corrected chi connectivity index (χ0v) is 11.0. The van der Waals surface area contributed by atoms with Gasteiger partial charge in [-0.25, -0.2) is 18.2 Å². The van der Waals surface area contributed by atoms with Crippen molar-refractivity contribution in [2.75, 3.05) is 4.72 Å². The van der Waals surface area contributed by atoms with Crippen LogP contribution >= 0.6 is 0 Å². The Kier molecular flexibility index (Phi) is 3.84. The highest BCUT2D eigenvalue weighted by Gasteiger charge is 2.15. The molecule has 6 nitrogen and oxygen atoms in total. The number of anilines is 1. The molecule has 0 bridgehead atoms. The molecule has 0 saturated heterocycles. The van der Waals surface area contributed by atoms with Gasteiger partial charge >= 0.3 is 5.97 Å². The van der Waals surface area contributed by atoms with Crippen LogP contribution in [0.4, 0.5) is 5.69 Å². The van der Waals surface area contributed by atoms with Crippen LogP contribution in [0.1, 0.15) is 10.4 Å². The molecule has 1 aliphatic rings. The Labute approximate surface area is 115 Å². The van der Waals surface area contributed by atoms with Gasteiger partial charge in [-0.15, -0.1) is 0 Å². The van der Waals surface area contributed by atoms with E-state index in [0.717, 1.165) is 0 Å². The number of hydrogen-bond donors (Lipinski definition) is 2. The van der Waals surface area contributed by atoms with Crippen LogP contribution < -0.4 is 4.72 Å². The van der Waals surface area contributed by atoms with Crippen molar-refractivity contribution >= 4 is 27.5 Å². The number of allylic oxidation sites excluding steroid dienone is 3. The average molecular weight is 290 g/mol. The number of benzene rings is 1. The van der Waals surface area contributed by atoms with Crippen molar-refractivity contribution in [2.24, 2.45) is 4.99 Å². The minimum atomic E-state index is -3.76. The lowest BCUT2D eigenvalue weighted by molar-refractivity contribution is 0.0697. The fourth-order valence-corrected chi connectivity index (χ4v) is 2.46. The SMILES string of the molecule is O=C(O)c1ccc(NS(=O)(=O)C2=CC=CN=C=C2)cc1. The monoisotopic (exact) mass is 290 g/mol. The van der Waals surface area contributed by atoms with Gasteiger partial charge in [-0.1, -0.05) is 0 Å². The Hall–Kier alpha value is -2.63. The van der Waals surface area contributed by atoms with Crippen LogP contribution in [0.3, 0.4) is 0 Å². The van der Waals surface area contributed by atoms with Crippen molar-refractivity contribution in [2.45, 2.75) is 0 Å². The third-order valence-electron chi connectivity index (χ3n) is 2.40. The number of aromatic carboxylic acids is 1. The van der Waals surface area contributed by atoms with Gasteiger partial charge in [0.15, 0.2) is 0 Å². The van der Waals surface area contributed by atoms with E-state index in [-0.39, 0.29) is 16.2 Å². The molecule has 1 aliphatic heterocycles. The van der Waals surface area contributed by atoms with E-state index in [1.54, 1.807) is 0 Å². The first-order chi connectivity index (χ1) is 9.49. The summed E-state index contributed by atoms with van der Waals surface area (Å²) in [5.74, 6) is 1.39. The molecule has 7 heteroatoms. The Morgan fingerprint density at radius 3 is 2.60 bits per heavy atom. The first-order valence-corrected chi connectivity index (χ1v) is 6.99. The lowest BCUT2D eigenvalue weighted by Crippen LogP contribution is -2.14. The lowest BCUT2D eigenvalue weighted by Gasteiger charge is -2.08. The number of carboxylic acid groups (broad SMARTS) is 1. The van der Waals surface area contributed by atoms with Crippen LogP contribution in [0.15, 0.2) is 58.6 Å². The molecule has 0 amide bonds. The third kappa shape index (κ3) is 3.23. The molecule has 1 heterocycles. The fourth-order valence-electron chi connectivity index (χ4n) is 1.44. The molecular formula is C13H10N2O4S. The summed E-state index contributed by atoms with van der Waals surface area (Å²) in [6.45, 7) is 0. The molecule has 0 aromatic heterocycles. The molecule has 1 aromatic rings. The summed E-state index contributed by atoms with van der Waals surface area (Å²) in [7, 11) is -3.76. The summed E-state index contributed by atoms with van der Waals surface area (Å²) in [4.78, 5) is 14.4. The van der Waals surface area contributed by atoms with Crippen LogP contribution in [0.5, 0.6) is 0 Å². The van der Waals surface area contributed by atoms with E-state index in [1.165, 1.54) is 48.7 Å². The summed E-state index contributed by atoms with van der Waals surface area (Å²) in [6.07, 6.45) is 5.53. The van der Waals surface area contributed by atoms with E-state index in [2.05, 4.69) is 15.6 Å². The molecule has 20 heavy (non-hydrogen) atoms. The van der Waals surface area contributed by atoms with Gasteiger partial charge in [-0.3, -0.25) is 4.72 Å². The minimum absolute atomic E-state index is 0.0114. The van der Waals surface area contributed by atoms with Crippen LogP contribution in [-0.4, -0.2) is 25.4 Å². The van der Waals surface area contributed by atoms with Gasteiger partial charge in [0.2, 0.25) is 0 Å². The second-order valence-electron chi connectivity index (χ2n) is 3.80. The highest BCUT2D eigenvalue weighted by molar-refractivity contribution is 7.96. The van der Waals surface area contributed by atoms with E-state index < -0.39 is 16.0 Å². The molecule has 0 spiro atoms. The van der Waals surface area contributed by atoms with E-state index in [4.69, 9.17) is 5.11 Å². The molecule has 0 fully saturated rings. The van der Waals surface area contributed by atoms with Gasteiger partial charge in [0, 0.05) is 18.0 Å². The number of carboxylic acids is 1. The van der Waals surface area contributed by atoms with Crippen molar-refractivity contribution in [3.63, 3.8) is 0 Å². The number of hydrogen-bond acceptors (Lipinski definition) is 4. The predicted octanol–water partition coefficient (Wildman–Crippen LogP) is 1.76. The van der Waals surface area contributed by atoms with Crippen LogP contribution in [-0.2, 0) is 10.0 Å². The van der Waals surface area contributed by atoms with Crippen molar-refractivity contribution in [1.82, 2.24) is 0 Å². The van der Waals surface area contributed by atoms with Gasteiger partial charge in [0.1, 0.15) is 0 Å². The van der Waals surface area contributed by atoms with Gasteiger partial charge in [0.05, 0.1) is 10.5 Å². The lowest BCUT2D eigenvalue weighted by atomic mass is 10.2. The second kappa shape index (κ2) is 5.56. The zero-order chi connectivity index (χ0) is 14.6. The molecule has 1 aromatic carbocycles. The Morgan fingerprint density at radius 1 is 1.25 bits per heavy atom. The third-order valence-corrected chi connectivity index (χ3v) is 3.78.